The normalized spacial score (nSPS) is 20.2. The molecule has 124 valence electrons. The molecule has 0 aromatic heterocycles. The molecule has 0 saturated heterocycles. The third kappa shape index (κ3) is 4.02. The zero-order valence-electron chi connectivity index (χ0n) is 13.6. The zero-order chi connectivity index (χ0) is 16.8. The van der Waals surface area contributed by atoms with Crippen LogP contribution in [0.3, 0.4) is 0 Å². The summed E-state index contributed by atoms with van der Waals surface area (Å²) in [7, 11) is 0. The summed E-state index contributed by atoms with van der Waals surface area (Å²) in [5, 5.41) is 6.18. The van der Waals surface area contributed by atoms with E-state index in [1.54, 1.807) is 24.3 Å². The Hall–Kier alpha value is -2.62. The average molecular weight is 322 g/mol. The Morgan fingerprint density at radius 1 is 0.667 bits per heavy atom. The van der Waals surface area contributed by atoms with E-state index >= 15 is 0 Å². The lowest BCUT2D eigenvalue weighted by Crippen LogP contribution is -2.53. The van der Waals surface area contributed by atoms with Gasteiger partial charge in [-0.25, -0.2) is 0 Å². The van der Waals surface area contributed by atoms with Crippen molar-refractivity contribution < 1.29 is 9.59 Å². The number of hydrogen-bond donors (Lipinski definition) is 2. The molecule has 0 aliphatic heterocycles. The van der Waals surface area contributed by atoms with Crippen molar-refractivity contribution in [3.05, 3.63) is 71.8 Å². The van der Waals surface area contributed by atoms with Crippen molar-refractivity contribution in [2.24, 2.45) is 0 Å². The van der Waals surface area contributed by atoms with E-state index in [0.717, 1.165) is 25.7 Å². The summed E-state index contributed by atoms with van der Waals surface area (Å²) in [6.07, 6.45) is 3.91. The van der Waals surface area contributed by atoms with Crippen molar-refractivity contribution in [2.75, 3.05) is 0 Å². The molecule has 1 aliphatic rings. The topological polar surface area (TPSA) is 58.2 Å². The molecule has 2 aromatic rings. The lowest BCUT2D eigenvalue weighted by molar-refractivity contribution is 0.0863. The van der Waals surface area contributed by atoms with E-state index in [4.69, 9.17) is 0 Å². The van der Waals surface area contributed by atoms with Gasteiger partial charge in [-0.2, -0.15) is 0 Å². The van der Waals surface area contributed by atoms with Crippen LogP contribution in [-0.4, -0.2) is 23.9 Å². The van der Waals surface area contributed by atoms with Crippen molar-refractivity contribution >= 4 is 11.8 Å². The smallest absolute Gasteiger partial charge is 0.251 e. The number of carbonyl (C=O) groups excluding carboxylic acids is 2. The van der Waals surface area contributed by atoms with Crippen LogP contribution in [0.5, 0.6) is 0 Å². The van der Waals surface area contributed by atoms with Crippen molar-refractivity contribution in [1.82, 2.24) is 10.6 Å². The lowest BCUT2D eigenvalue weighted by atomic mass is 9.89. The largest absolute Gasteiger partial charge is 0.347 e. The van der Waals surface area contributed by atoms with Gasteiger partial charge in [0.2, 0.25) is 0 Å². The van der Waals surface area contributed by atoms with Gasteiger partial charge in [-0.1, -0.05) is 49.2 Å². The molecule has 2 aromatic carbocycles. The van der Waals surface area contributed by atoms with Crippen LogP contribution in [0, 0.1) is 0 Å². The molecule has 3 rings (SSSR count). The Bertz CT molecular complexity index is 624. The molecule has 2 atom stereocenters. The molecule has 0 heterocycles. The van der Waals surface area contributed by atoms with Crippen LogP contribution >= 0.6 is 0 Å². The van der Waals surface area contributed by atoms with Crippen LogP contribution in [0.4, 0.5) is 0 Å². The predicted molar refractivity (Wildman–Crippen MR) is 93.9 cm³/mol. The van der Waals surface area contributed by atoms with Crippen molar-refractivity contribution in [1.29, 1.82) is 0 Å². The minimum Gasteiger partial charge on any atom is -0.347 e. The van der Waals surface area contributed by atoms with Gasteiger partial charge >= 0.3 is 0 Å². The highest BCUT2D eigenvalue weighted by Crippen LogP contribution is 2.19. The summed E-state index contributed by atoms with van der Waals surface area (Å²) in [6, 6.07) is 18.3. The third-order valence-corrected chi connectivity index (χ3v) is 4.47. The Kier molecular flexibility index (Phi) is 5.26. The Morgan fingerprint density at radius 2 is 1.04 bits per heavy atom. The van der Waals surface area contributed by atoms with Gasteiger partial charge in [0.1, 0.15) is 0 Å². The predicted octanol–water partition coefficient (Wildman–Crippen LogP) is 3.16. The van der Waals surface area contributed by atoms with Crippen LogP contribution in [0.15, 0.2) is 60.7 Å². The van der Waals surface area contributed by atoms with Gasteiger partial charge in [0.15, 0.2) is 0 Å². The summed E-state index contributed by atoms with van der Waals surface area (Å²) in [6.45, 7) is 0. The first-order valence-electron chi connectivity index (χ1n) is 8.46. The first-order valence-corrected chi connectivity index (χ1v) is 8.46. The van der Waals surface area contributed by atoms with Crippen LogP contribution in [0.2, 0.25) is 0 Å². The van der Waals surface area contributed by atoms with E-state index in [-0.39, 0.29) is 23.9 Å². The first-order chi connectivity index (χ1) is 11.7. The number of rotatable bonds is 4. The molecule has 0 unspecified atom stereocenters. The third-order valence-electron chi connectivity index (χ3n) is 4.47. The second-order valence-corrected chi connectivity index (χ2v) is 6.18. The quantitative estimate of drug-likeness (QED) is 0.908. The SMILES string of the molecule is O=C(N[C@H]1CCCC[C@H]1NC(=O)c1ccccc1)c1ccccc1. The molecule has 0 bridgehead atoms. The number of carbonyl (C=O) groups is 2. The Labute approximate surface area is 142 Å². The van der Waals surface area contributed by atoms with E-state index in [1.165, 1.54) is 0 Å². The minimum atomic E-state index is -0.0820. The number of benzene rings is 2. The molecule has 2 N–H and O–H groups in total. The first kappa shape index (κ1) is 16.2. The van der Waals surface area contributed by atoms with E-state index in [1.807, 2.05) is 36.4 Å². The maximum Gasteiger partial charge on any atom is 0.251 e. The monoisotopic (exact) mass is 322 g/mol. The highest BCUT2D eigenvalue weighted by atomic mass is 16.2. The summed E-state index contributed by atoms with van der Waals surface area (Å²) in [4.78, 5) is 24.8. The maximum absolute atomic E-state index is 12.4. The minimum absolute atomic E-state index is 0.0286. The molecule has 4 heteroatoms. The number of hydrogen-bond acceptors (Lipinski definition) is 2. The standard InChI is InChI=1S/C20H22N2O2/c23-19(15-9-3-1-4-10-15)21-17-13-7-8-14-18(17)22-20(24)16-11-5-2-6-12-16/h1-6,9-12,17-18H,7-8,13-14H2,(H,21,23)(H,22,24)/t17-,18+. The van der Waals surface area contributed by atoms with E-state index in [0.29, 0.717) is 11.1 Å². The van der Waals surface area contributed by atoms with E-state index in [9.17, 15) is 9.59 Å². The molecule has 2 amide bonds. The fourth-order valence-electron chi connectivity index (χ4n) is 3.16. The summed E-state index contributed by atoms with van der Waals surface area (Å²) >= 11 is 0. The summed E-state index contributed by atoms with van der Waals surface area (Å²) in [5.74, 6) is -0.164. The molecule has 1 saturated carbocycles. The van der Waals surface area contributed by atoms with Crippen LogP contribution in [0.25, 0.3) is 0 Å². The van der Waals surface area contributed by atoms with Gasteiger partial charge in [0.05, 0.1) is 0 Å². The molecular formula is C20H22N2O2. The molecule has 4 nitrogen and oxygen atoms in total. The highest BCUT2D eigenvalue weighted by molar-refractivity contribution is 5.95. The Balaban J connectivity index is 1.65. The van der Waals surface area contributed by atoms with Gasteiger partial charge in [-0.05, 0) is 37.1 Å². The molecule has 1 aliphatic carbocycles. The van der Waals surface area contributed by atoms with Gasteiger partial charge in [0, 0.05) is 23.2 Å². The van der Waals surface area contributed by atoms with Gasteiger partial charge in [-0.15, -0.1) is 0 Å². The van der Waals surface area contributed by atoms with Crippen LogP contribution in [0.1, 0.15) is 46.4 Å². The zero-order valence-corrected chi connectivity index (χ0v) is 13.6. The number of nitrogens with one attached hydrogen (secondary N) is 2. The van der Waals surface area contributed by atoms with Crippen LogP contribution < -0.4 is 10.6 Å². The lowest BCUT2D eigenvalue weighted by Gasteiger charge is -2.32. The summed E-state index contributed by atoms with van der Waals surface area (Å²) < 4.78 is 0. The number of amides is 2. The van der Waals surface area contributed by atoms with E-state index < -0.39 is 0 Å². The van der Waals surface area contributed by atoms with Crippen LogP contribution in [-0.2, 0) is 0 Å². The van der Waals surface area contributed by atoms with Crippen molar-refractivity contribution in [2.45, 2.75) is 37.8 Å². The summed E-state index contributed by atoms with van der Waals surface area (Å²) in [5.41, 5.74) is 1.30. The van der Waals surface area contributed by atoms with Gasteiger partial charge < -0.3 is 10.6 Å². The molecule has 0 spiro atoms. The Morgan fingerprint density at radius 3 is 1.42 bits per heavy atom. The second kappa shape index (κ2) is 7.77. The molecule has 0 radical (unpaired) electrons. The fourth-order valence-corrected chi connectivity index (χ4v) is 3.16. The van der Waals surface area contributed by atoms with Gasteiger partial charge in [-0.3, -0.25) is 9.59 Å². The molecule has 1 fully saturated rings. The van der Waals surface area contributed by atoms with Gasteiger partial charge in [0.25, 0.3) is 11.8 Å². The molecular weight excluding hydrogens is 300 g/mol. The fraction of sp³-hybridized carbons (Fsp3) is 0.300. The van der Waals surface area contributed by atoms with E-state index in [2.05, 4.69) is 10.6 Å². The average Bonchev–Trinajstić information content (AvgIpc) is 2.64. The highest BCUT2D eigenvalue weighted by Gasteiger charge is 2.28. The molecule has 24 heavy (non-hydrogen) atoms. The second-order valence-electron chi connectivity index (χ2n) is 6.18. The van der Waals surface area contributed by atoms with Crippen molar-refractivity contribution in [3.8, 4) is 0 Å². The van der Waals surface area contributed by atoms with Crippen molar-refractivity contribution in [3.63, 3.8) is 0 Å². The maximum atomic E-state index is 12.4.